The maximum absolute atomic E-state index is 13.8. The van der Waals surface area contributed by atoms with Gasteiger partial charge in [-0.15, -0.1) is 0 Å². The largest absolute Gasteiger partial charge is 0.399 e. The Bertz CT molecular complexity index is 779. The standard InChI is InChI=1S/C14H10FN3O/c15-12-5-8(16)1-2-9(12)14(19)11-7-18-13-3-4-17-6-10(11)13/h1-7,18H,16H2. The number of carbonyl (C=O) groups excluding carboxylic acids is 1. The molecule has 1 aromatic carbocycles. The van der Waals surface area contributed by atoms with Crippen molar-refractivity contribution in [2.75, 3.05) is 5.73 Å². The number of fused-ring (bicyclic) bond motifs is 1. The van der Waals surface area contributed by atoms with Crippen LogP contribution < -0.4 is 5.73 Å². The molecule has 5 heteroatoms. The molecule has 2 heterocycles. The zero-order valence-electron chi connectivity index (χ0n) is 9.85. The van der Waals surface area contributed by atoms with Crippen LogP contribution in [-0.2, 0) is 0 Å². The van der Waals surface area contributed by atoms with Gasteiger partial charge in [0, 0.05) is 40.7 Å². The Labute approximate surface area is 108 Å². The maximum Gasteiger partial charge on any atom is 0.198 e. The van der Waals surface area contributed by atoms with Crippen molar-refractivity contribution in [2.24, 2.45) is 0 Å². The number of nitrogen functional groups attached to an aromatic ring is 1. The van der Waals surface area contributed by atoms with Crippen molar-refractivity contribution in [1.29, 1.82) is 0 Å². The number of ketones is 1. The minimum absolute atomic E-state index is 0.000969. The summed E-state index contributed by atoms with van der Waals surface area (Å²) in [5.41, 5.74) is 6.94. The van der Waals surface area contributed by atoms with Crippen molar-refractivity contribution in [2.45, 2.75) is 0 Å². The molecule has 0 aliphatic heterocycles. The minimum Gasteiger partial charge on any atom is -0.399 e. The predicted octanol–water partition coefficient (Wildman–Crippen LogP) is 2.52. The van der Waals surface area contributed by atoms with Crippen molar-refractivity contribution < 1.29 is 9.18 Å². The molecule has 0 aliphatic rings. The van der Waals surface area contributed by atoms with Gasteiger partial charge in [-0.05, 0) is 24.3 Å². The Kier molecular flexibility index (Phi) is 2.52. The summed E-state index contributed by atoms with van der Waals surface area (Å²) in [6, 6.07) is 5.79. The fourth-order valence-electron chi connectivity index (χ4n) is 2.01. The Morgan fingerprint density at radius 2 is 2.11 bits per heavy atom. The summed E-state index contributed by atoms with van der Waals surface area (Å²) >= 11 is 0. The summed E-state index contributed by atoms with van der Waals surface area (Å²) in [6.45, 7) is 0. The molecule has 3 aromatic rings. The van der Waals surface area contributed by atoms with Gasteiger partial charge < -0.3 is 10.7 Å². The number of rotatable bonds is 2. The van der Waals surface area contributed by atoms with Crippen molar-refractivity contribution in [3.8, 4) is 0 Å². The van der Waals surface area contributed by atoms with Gasteiger partial charge in [-0.2, -0.15) is 0 Å². The molecular weight excluding hydrogens is 245 g/mol. The first kappa shape index (κ1) is 11.4. The van der Waals surface area contributed by atoms with E-state index in [9.17, 15) is 9.18 Å². The van der Waals surface area contributed by atoms with Crippen LogP contribution in [-0.4, -0.2) is 15.8 Å². The third-order valence-corrected chi connectivity index (χ3v) is 2.97. The van der Waals surface area contributed by atoms with E-state index in [2.05, 4.69) is 9.97 Å². The molecule has 0 aliphatic carbocycles. The third-order valence-electron chi connectivity index (χ3n) is 2.97. The number of aromatic nitrogens is 2. The Balaban J connectivity index is 2.13. The number of benzene rings is 1. The van der Waals surface area contributed by atoms with Gasteiger partial charge in [0.25, 0.3) is 0 Å². The molecule has 94 valence electrons. The van der Waals surface area contributed by atoms with Crippen LogP contribution in [0.5, 0.6) is 0 Å². The number of halogens is 1. The normalized spacial score (nSPS) is 10.8. The van der Waals surface area contributed by atoms with E-state index in [1.54, 1.807) is 24.7 Å². The van der Waals surface area contributed by atoms with Crippen LogP contribution in [0.1, 0.15) is 15.9 Å². The van der Waals surface area contributed by atoms with Crippen molar-refractivity contribution in [3.05, 3.63) is 59.8 Å². The van der Waals surface area contributed by atoms with Gasteiger partial charge in [-0.25, -0.2) is 4.39 Å². The number of nitrogens with zero attached hydrogens (tertiary/aromatic N) is 1. The molecule has 3 rings (SSSR count). The number of nitrogens with two attached hydrogens (primary N) is 1. The van der Waals surface area contributed by atoms with Crippen molar-refractivity contribution in [3.63, 3.8) is 0 Å². The quantitative estimate of drug-likeness (QED) is 0.546. The number of hydrogen-bond donors (Lipinski definition) is 2. The number of pyridine rings is 1. The summed E-state index contributed by atoms with van der Waals surface area (Å²) in [7, 11) is 0. The molecule has 0 radical (unpaired) electrons. The second kappa shape index (κ2) is 4.20. The molecule has 0 amide bonds. The number of H-pyrrole nitrogens is 1. The lowest BCUT2D eigenvalue weighted by molar-refractivity contribution is 0.103. The van der Waals surface area contributed by atoms with Gasteiger partial charge >= 0.3 is 0 Å². The van der Waals surface area contributed by atoms with E-state index in [1.807, 2.05) is 0 Å². The molecule has 2 aromatic heterocycles. The van der Waals surface area contributed by atoms with Crippen molar-refractivity contribution in [1.82, 2.24) is 9.97 Å². The fourth-order valence-corrected chi connectivity index (χ4v) is 2.01. The molecular formula is C14H10FN3O. The van der Waals surface area contributed by atoms with Crippen molar-refractivity contribution >= 4 is 22.4 Å². The Morgan fingerprint density at radius 3 is 2.89 bits per heavy atom. The van der Waals surface area contributed by atoms with Crippen LogP contribution in [0.25, 0.3) is 10.9 Å². The Morgan fingerprint density at radius 1 is 1.26 bits per heavy atom. The zero-order valence-corrected chi connectivity index (χ0v) is 9.85. The summed E-state index contributed by atoms with van der Waals surface area (Å²) < 4.78 is 13.8. The highest BCUT2D eigenvalue weighted by Gasteiger charge is 2.17. The summed E-state index contributed by atoms with van der Waals surface area (Å²) in [4.78, 5) is 19.3. The van der Waals surface area contributed by atoms with Gasteiger partial charge in [0.05, 0.1) is 5.56 Å². The first-order valence-corrected chi connectivity index (χ1v) is 5.67. The highest BCUT2D eigenvalue weighted by Crippen LogP contribution is 2.22. The first-order valence-electron chi connectivity index (χ1n) is 5.67. The monoisotopic (exact) mass is 255 g/mol. The lowest BCUT2D eigenvalue weighted by atomic mass is 10.0. The number of aromatic amines is 1. The van der Waals surface area contributed by atoms with Gasteiger partial charge in [0.2, 0.25) is 0 Å². The molecule has 19 heavy (non-hydrogen) atoms. The van der Waals surface area contributed by atoms with Crippen LogP contribution >= 0.6 is 0 Å². The number of nitrogens with one attached hydrogen (secondary N) is 1. The highest BCUT2D eigenvalue weighted by atomic mass is 19.1. The molecule has 0 saturated heterocycles. The molecule has 3 N–H and O–H groups in total. The molecule has 0 bridgehead atoms. The smallest absolute Gasteiger partial charge is 0.198 e. The van der Waals surface area contributed by atoms with Crippen LogP contribution in [0.4, 0.5) is 10.1 Å². The van der Waals surface area contributed by atoms with E-state index in [0.29, 0.717) is 10.9 Å². The molecule has 0 unspecified atom stereocenters. The van der Waals surface area contributed by atoms with E-state index in [4.69, 9.17) is 5.73 Å². The van der Waals surface area contributed by atoms with E-state index in [1.165, 1.54) is 12.1 Å². The average molecular weight is 255 g/mol. The number of hydrogen-bond acceptors (Lipinski definition) is 3. The average Bonchev–Trinajstić information content (AvgIpc) is 2.82. The number of carbonyl (C=O) groups is 1. The van der Waals surface area contributed by atoms with Crippen LogP contribution in [0, 0.1) is 5.82 Å². The maximum atomic E-state index is 13.8. The van der Waals surface area contributed by atoms with E-state index < -0.39 is 11.6 Å². The van der Waals surface area contributed by atoms with Gasteiger partial charge in [-0.3, -0.25) is 9.78 Å². The summed E-state index contributed by atoms with van der Waals surface area (Å²) in [5.74, 6) is -1.01. The lowest BCUT2D eigenvalue weighted by Gasteiger charge is -2.02. The molecule has 4 nitrogen and oxygen atoms in total. The lowest BCUT2D eigenvalue weighted by Crippen LogP contribution is -2.04. The topological polar surface area (TPSA) is 71.8 Å². The van der Waals surface area contributed by atoms with Gasteiger partial charge in [-0.1, -0.05) is 0 Å². The molecule has 0 saturated carbocycles. The summed E-state index contributed by atoms with van der Waals surface area (Å²) in [6.07, 6.45) is 4.76. The molecule has 0 fully saturated rings. The molecule has 0 atom stereocenters. The Hall–Kier alpha value is -2.69. The highest BCUT2D eigenvalue weighted by molar-refractivity contribution is 6.16. The second-order valence-corrected chi connectivity index (χ2v) is 4.19. The second-order valence-electron chi connectivity index (χ2n) is 4.19. The number of anilines is 1. The summed E-state index contributed by atoms with van der Waals surface area (Å²) in [5, 5.41) is 0.670. The fraction of sp³-hybridized carbons (Fsp3) is 0. The molecule has 0 spiro atoms. The van der Waals surface area contributed by atoms with Crippen LogP contribution in [0.2, 0.25) is 0 Å². The minimum atomic E-state index is -0.622. The van der Waals surface area contributed by atoms with Crippen LogP contribution in [0.15, 0.2) is 42.9 Å². The third kappa shape index (κ3) is 1.85. The predicted molar refractivity (Wildman–Crippen MR) is 70.3 cm³/mol. The first-order chi connectivity index (χ1) is 9.16. The van der Waals surface area contributed by atoms with Gasteiger partial charge in [0.1, 0.15) is 5.82 Å². The SMILES string of the molecule is Nc1ccc(C(=O)c2c[nH]c3ccncc23)c(F)c1. The van der Waals surface area contributed by atoms with E-state index >= 15 is 0 Å². The zero-order chi connectivity index (χ0) is 13.4. The van der Waals surface area contributed by atoms with E-state index in [-0.39, 0.29) is 11.3 Å². The van der Waals surface area contributed by atoms with Gasteiger partial charge in [0.15, 0.2) is 5.78 Å². The van der Waals surface area contributed by atoms with E-state index in [0.717, 1.165) is 11.6 Å². The van der Waals surface area contributed by atoms with Crippen LogP contribution in [0.3, 0.4) is 0 Å².